The Morgan fingerprint density at radius 2 is 0.667 bits per heavy atom. The first-order valence-corrected chi connectivity index (χ1v) is 20.3. The second-order valence-electron chi connectivity index (χ2n) is 14.1. The van der Waals surface area contributed by atoms with Crippen LogP contribution >= 0.6 is 0 Å². The Morgan fingerprint density at radius 3 is 1.02 bits per heavy atom. The van der Waals surface area contributed by atoms with Crippen LogP contribution in [0.1, 0.15) is 226 Å². The number of aliphatic hydroxyl groups is 1. The Balaban J connectivity index is 4.15. The van der Waals surface area contributed by atoms with Gasteiger partial charge in [-0.2, -0.15) is 0 Å². The molecule has 0 aromatic heterocycles. The van der Waals surface area contributed by atoms with Gasteiger partial charge in [0.25, 0.3) is 0 Å². The van der Waals surface area contributed by atoms with E-state index in [1.165, 1.54) is 135 Å². The fourth-order valence-electron chi connectivity index (χ4n) is 6.42. The van der Waals surface area contributed by atoms with Crippen LogP contribution in [0.3, 0.4) is 0 Å². The summed E-state index contributed by atoms with van der Waals surface area (Å²) in [6, 6.07) is 0.0971. The predicted molar refractivity (Wildman–Crippen MR) is 196 cm³/mol. The normalized spacial score (nSPS) is 12.7. The van der Waals surface area contributed by atoms with Gasteiger partial charge in [0.05, 0.1) is 12.6 Å². The summed E-state index contributed by atoms with van der Waals surface area (Å²) in [5.74, 6) is 0.304. The van der Waals surface area contributed by atoms with Crippen molar-refractivity contribution in [3.8, 4) is 0 Å². The van der Waals surface area contributed by atoms with Gasteiger partial charge in [0.1, 0.15) is 0 Å². The van der Waals surface area contributed by atoms with Crippen molar-refractivity contribution >= 4 is 11.8 Å². The summed E-state index contributed by atoms with van der Waals surface area (Å²) in [5.41, 5.74) is 0. The lowest BCUT2D eigenvalue weighted by molar-refractivity contribution is -0.123. The maximum atomic E-state index is 12.7. The van der Waals surface area contributed by atoms with E-state index in [4.69, 9.17) is 0 Å². The first-order chi connectivity index (χ1) is 22.1. The average Bonchev–Trinajstić information content (AvgIpc) is 3.03. The van der Waals surface area contributed by atoms with Gasteiger partial charge in [-0.25, -0.2) is 0 Å². The number of rotatable bonds is 36. The molecule has 45 heavy (non-hydrogen) atoms. The van der Waals surface area contributed by atoms with Crippen molar-refractivity contribution in [1.82, 2.24) is 10.6 Å². The minimum absolute atomic E-state index is 0.000327. The Labute approximate surface area is 281 Å². The summed E-state index contributed by atoms with van der Waals surface area (Å²) < 4.78 is 0. The van der Waals surface area contributed by atoms with E-state index in [2.05, 4.69) is 31.4 Å². The summed E-state index contributed by atoms with van der Waals surface area (Å²) in [6.45, 7) is 6.77. The number of nitrogens with one attached hydrogen (secondary N) is 2. The Morgan fingerprint density at radius 1 is 0.400 bits per heavy atom. The van der Waals surface area contributed by atoms with Crippen molar-refractivity contribution in [2.75, 3.05) is 6.61 Å². The van der Waals surface area contributed by atoms with Gasteiger partial charge in [-0.1, -0.05) is 181 Å². The zero-order valence-electron chi connectivity index (χ0n) is 30.8. The van der Waals surface area contributed by atoms with Crippen LogP contribution in [0, 0.1) is 0 Å². The highest BCUT2D eigenvalue weighted by molar-refractivity contribution is 5.76. The first kappa shape index (κ1) is 43.9. The molecule has 0 radical (unpaired) electrons. The van der Waals surface area contributed by atoms with E-state index in [-0.39, 0.29) is 30.5 Å². The molecule has 0 aliphatic heterocycles. The Bertz CT molecular complexity index is 627. The van der Waals surface area contributed by atoms with Crippen molar-refractivity contribution in [2.45, 2.75) is 238 Å². The van der Waals surface area contributed by atoms with Gasteiger partial charge in [0.15, 0.2) is 0 Å². The van der Waals surface area contributed by atoms with Gasteiger partial charge in [-0.15, -0.1) is 0 Å². The zero-order chi connectivity index (χ0) is 33.1. The predicted octanol–water partition coefficient (Wildman–Crippen LogP) is 11.5. The molecule has 2 atom stereocenters. The monoisotopic (exact) mass is 637 g/mol. The zero-order valence-corrected chi connectivity index (χ0v) is 30.8. The Hall–Kier alpha value is -1.10. The largest absolute Gasteiger partial charge is 0.394 e. The van der Waals surface area contributed by atoms with Crippen molar-refractivity contribution < 1.29 is 14.7 Å². The van der Waals surface area contributed by atoms with Crippen LogP contribution in [0.2, 0.25) is 0 Å². The third-order valence-corrected chi connectivity index (χ3v) is 9.48. The van der Waals surface area contributed by atoms with Crippen LogP contribution < -0.4 is 10.6 Å². The minimum atomic E-state index is -0.154. The average molecular weight is 637 g/mol. The number of amides is 2. The minimum Gasteiger partial charge on any atom is -0.394 e. The molecule has 0 aromatic carbocycles. The molecule has 3 N–H and O–H groups in total. The van der Waals surface area contributed by atoms with Crippen molar-refractivity contribution in [1.29, 1.82) is 0 Å². The molecule has 0 heterocycles. The van der Waals surface area contributed by atoms with Crippen LogP contribution in [0.5, 0.6) is 0 Å². The molecule has 0 bridgehead atoms. The molecule has 0 aliphatic rings. The van der Waals surface area contributed by atoms with Gasteiger partial charge < -0.3 is 15.7 Å². The van der Waals surface area contributed by atoms with Gasteiger partial charge in [-0.05, 0) is 32.1 Å². The van der Waals surface area contributed by atoms with Crippen LogP contribution in [0.15, 0.2) is 0 Å². The van der Waals surface area contributed by atoms with E-state index in [0.29, 0.717) is 12.8 Å². The fraction of sp³-hybridized carbons (Fsp3) is 0.950. The number of carbonyl (C=O) groups excluding carboxylic acids is 2. The molecule has 0 saturated heterocycles. The summed E-state index contributed by atoms with van der Waals surface area (Å²) in [5, 5.41) is 16.3. The van der Waals surface area contributed by atoms with Crippen molar-refractivity contribution in [2.24, 2.45) is 0 Å². The molecule has 2 amide bonds. The SMILES string of the molecule is CCCCCCCCCCCCCC(=O)N[C@@H](CO)CCCC[C@H](CCCCCCC)NC(=O)CCCCCCCCCCC. The van der Waals surface area contributed by atoms with Crippen molar-refractivity contribution in [3.05, 3.63) is 0 Å². The second kappa shape index (κ2) is 35.7. The first-order valence-electron chi connectivity index (χ1n) is 20.3. The second-order valence-corrected chi connectivity index (χ2v) is 14.1. The Kier molecular flexibility index (Phi) is 34.9. The summed E-state index contributed by atoms with van der Waals surface area (Å²) in [4.78, 5) is 25.2. The van der Waals surface area contributed by atoms with Crippen molar-refractivity contribution in [3.63, 3.8) is 0 Å². The number of carbonyl (C=O) groups is 2. The highest BCUT2D eigenvalue weighted by Crippen LogP contribution is 2.16. The lowest BCUT2D eigenvalue weighted by atomic mass is 9.99. The van der Waals surface area contributed by atoms with E-state index >= 15 is 0 Å². The van der Waals surface area contributed by atoms with Crippen LogP contribution in [0.4, 0.5) is 0 Å². The number of aliphatic hydroxyl groups excluding tert-OH is 1. The molecule has 5 nitrogen and oxygen atoms in total. The molecule has 0 unspecified atom stereocenters. The smallest absolute Gasteiger partial charge is 0.220 e. The van der Waals surface area contributed by atoms with E-state index < -0.39 is 0 Å². The van der Waals surface area contributed by atoms with Gasteiger partial charge in [0.2, 0.25) is 11.8 Å². The molecule has 0 fully saturated rings. The highest BCUT2D eigenvalue weighted by atomic mass is 16.3. The molecular weight excluding hydrogens is 556 g/mol. The third kappa shape index (κ3) is 32.6. The maximum absolute atomic E-state index is 12.7. The molecule has 0 spiro atoms. The molecular formula is C40H80N2O3. The van der Waals surface area contributed by atoms with E-state index in [9.17, 15) is 14.7 Å². The number of hydrogen-bond donors (Lipinski definition) is 3. The standard InChI is InChI=1S/C40H80N2O3/c1-4-7-10-13-15-17-18-20-22-25-28-35-40(45)42-38(36-43)33-30-29-32-37(31-26-23-12-9-6-3)41-39(44)34-27-24-21-19-16-14-11-8-5-2/h37-38,43H,4-36H2,1-3H3,(H,41,44)(H,42,45)/t37-,38+/m0/s1. The molecule has 0 saturated carbocycles. The summed E-state index contributed by atoms with van der Waals surface area (Å²) >= 11 is 0. The third-order valence-electron chi connectivity index (χ3n) is 9.48. The van der Waals surface area contributed by atoms with Crippen LogP contribution in [0.25, 0.3) is 0 Å². The molecule has 5 heteroatoms. The summed E-state index contributed by atoms with van der Waals surface area (Å²) in [7, 11) is 0. The van der Waals surface area contributed by atoms with E-state index in [1.54, 1.807) is 0 Å². The highest BCUT2D eigenvalue weighted by Gasteiger charge is 2.14. The van der Waals surface area contributed by atoms with Gasteiger partial charge >= 0.3 is 0 Å². The lowest BCUT2D eigenvalue weighted by Crippen LogP contribution is -2.37. The van der Waals surface area contributed by atoms with Gasteiger partial charge in [-0.3, -0.25) is 9.59 Å². The summed E-state index contributed by atoms with van der Waals surface area (Å²) in [6.07, 6.45) is 37.8. The molecule has 0 aromatic rings. The molecule has 0 rings (SSSR count). The maximum Gasteiger partial charge on any atom is 0.220 e. The number of unbranched alkanes of at least 4 members (excludes halogenated alkanes) is 23. The molecule has 268 valence electrons. The van der Waals surface area contributed by atoms with Gasteiger partial charge in [0, 0.05) is 18.9 Å². The quantitative estimate of drug-likeness (QED) is 0.0599. The fourth-order valence-corrected chi connectivity index (χ4v) is 6.42. The lowest BCUT2D eigenvalue weighted by Gasteiger charge is -2.20. The number of hydrogen-bond acceptors (Lipinski definition) is 3. The van der Waals surface area contributed by atoms with Crippen LogP contribution in [-0.4, -0.2) is 35.6 Å². The topological polar surface area (TPSA) is 78.4 Å². The van der Waals surface area contributed by atoms with E-state index in [0.717, 1.165) is 57.8 Å². The van der Waals surface area contributed by atoms with Crippen LogP contribution in [-0.2, 0) is 9.59 Å². The van der Waals surface area contributed by atoms with E-state index in [1.807, 2.05) is 0 Å². The molecule has 0 aliphatic carbocycles.